The highest BCUT2D eigenvalue weighted by Crippen LogP contribution is 2.02. The average molecular weight is 216 g/mol. The van der Waals surface area contributed by atoms with Crippen molar-refractivity contribution in [1.82, 2.24) is 10.3 Å². The Morgan fingerprint density at radius 3 is 2.94 bits per heavy atom. The molecule has 1 N–H and O–H groups in total. The number of hydrogen-bond donors (Lipinski definition) is 1. The molecule has 0 saturated heterocycles. The van der Waals surface area contributed by atoms with Crippen molar-refractivity contribution in [3.05, 3.63) is 53.7 Å². The van der Waals surface area contributed by atoms with Crippen molar-refractivity contribution in [2.24, 2.45) is 0 Å². The second-order valence-electron chi connectivity index (χ2n) is 3.47. The molecule has 0 atom stereocenters. The van der Waals surface area contributed by atoms with E-state index in [9.17, 15) is 4.79 Å². The minimum absolute atomic E-state index is 0.217. The molecule has 0 saturated carbocycles. The first-order valence-electron chi connectivity index (χ1n) is 4.99. The minimum Gasteiger partial charge on any atom is -0.459 e. The average Bonchev–Trinajstić information content (AvgIpc) is 2.81. The molecule has 2 heterocycles. The third-order valence-electron chi connectivity index (χ3n) is 2.17. The van der Waals surface area contributed by atoms with E-state index >= 15 is 0 Å². The summed E-state index contributed by atoms with van der Waals surface area (Å²) in [5.74, 6) is 0.102. The maximum Gasteiger partial charge on any atom is 0.287 e. The predicted octanol–water partition coefficient (Wildman–Crippen LogP) is 1.91. The fourth-order valence-corrected chi connectivity index (χ4v) is 1.28. The number of carbonyl (C=O) groups is 1. The molecular weight excluding hydrogens is 204 g/mol. The summed E-state index contributed by atoms with van der Waals surface area (Å²) in [5, 5.41) is 2.75. The van der Waals surface area contributed by atoms with E-state index in [1.54, 1.807) is 18.3 Å². The number of rotatable bonds is 3. The second kappa shape index (κ2) is 4.61. The Morgan fingerprint density at radius 2 is 2.31 bits per heavy atom. The molecule has 0 radical (unpaired) electrons. The Morgan fingerprint density at radius 1 is 1.44 bits per heavy atom. The maximum absolute atomic E-state index is 11.5. The zero-order chi connectivity index (χ0) is 11.4. The third kappa shape index (κ3) is 2.48. The number of aryl methyl sites for hydroxylation is 1. The summed E-state index contributed by atoms with van der Waals surface area (Å²) in [6, 6.07) is 7.16. The van der Waals surface area contributed by atoms with Gasteiger partial charge in [-0.3, -0.25) is 9.78 Å². The molecule has 0 aliphatic carbocycles. The van der Waals surface area contributed by atoms with Gasteiger partial charge >= 0.3 is 0 Å². The molecule has 0 aromatic carbocycles. The molecule has 0 spiro atoms. The molecule has 82 valence electrons. The summed E-state index contributed by atoms with van der Waals surface area (Å²) in [4.78, 5) is 15.7. The van der Waals surface area contributed by atoms with Crippen LogP contribution >= 0.6 is 0 Å². The van der Waals surface area contributed by atoms with Gasteiger partial charge < -0.3 is 9.73 Å². The van der Waals surface area contributed by atoms with Crippen molar-refractivity contribution < 1.29 is 9.21 Å². The van der Waals surface area contributed by atoms with Crippen LogP contribution in [0.1, 0.15) is 21.8 Å². The number of amides is 1. The lowest BCUT2D eigenvalue weighted by Crippen LogP contribution is -2.22. The standard InChI is InChI=1S/C12H12N2O2/c1-9-4-5-10(7-13-9)8-14-12(15)11-3-2-6-16-11/h2-7H,8H2,1H3,(H,14,15). The lowest BCUT2D eigenvalue weighted by molar-refractivity contribution is 0.0923. The van der Waals surface area contributed by atoms with Crippen LogP contribution < -0.4 is 5.32 Å². The Bertz CT molecular complexity index is 460. The number of hydrogen-bond acceptors (Lipinski definition) is 3. The number of carbonyl (C=O) groups excluding carboxylic acids is 1. The van der Waals surface area contributed by atoms with Crippen LogP contribution in [0.5, 0.6) is 0 Å². The molecule has 2 aromatic rings. The van der Waals surface area contributed by atoms with Gasteiger partial charge in [0.25, 0.3) is 5.91 Å². The zero-order valence-corrected chi connectivity index (χ0v) is 8.93. The van der Waals surface area contributed by atoms with E-state index in [2.05, 4.69) is 10.3 Å². The summed E-state index contributed by atoms with van der Waals surface area (Å²) in [5.41, 5.74) is 1.92. The molecule has 16 heavy (non-hydrogen) atoms. The Labute approximate surface area is 93.3 Å². The first kappa shape index (κ1) is 10.4. The summed E-state index contributed by atoms with van der Waals surface area (Å²) in [7, 11) is 0. The smallest absolute Gasteiger partial charge is 0.287 e. The molecule has 0 unspecified atom stereocenters. The molecule has 4 nitrogen and oxygen atoms in total. The van der Waals surface area contributed by atoms with Crippen LogP contribution in [0.15, 0.2) is 41.1 Å². The number of pyridine rings is 1. The van der Waals surface area contributed by atoms with Crippen molar-refractivity contribution in [1.29, 1.82) is 0 Å². The molecule has 4 heteroatoms. The number of nitrogens with zero attached hydrogens (tertiary/aromatic N) is 1. The van der Waals surface area contributed by atoms with E-state index in [-0.39, 0.29) is 5.91 Å². The van der Waals surface area contributed by atoms with Crippen LogP contribution in [0, 0.1) is 6.92 Å². The van der Waals surface area contributed by atoms with Gasteiger partial charge in [-0.1, -0.05) is 6.07 Å². The highest BCUT2D eigenvalue weighted by molar-refractivity contribution is 5.91. The highest BCUT2D eigenvalue weighted by Gasteiger charge is 2.07. The predicted molar refractivity (Wildman–Crippen MR) is 58.9 cm³/mol. The molecule has 0 aliphatic rings. The lowest BCUT2D eigenvalue weighted by Gasteiger charge is -2.03. The van der Waals surface area contributed by atoms with Crippen LogP contribution in [-0.2, 0) is 6.54 Å². The van der Waals surface area contributed by atoms with Crippen LogP contribution in [0.2, 0.25) is 0 Å². The molecule has 0 fully saturated rings. The van der Waals surface area contributed by atoms with Crippen LogP contribution in [-0.4, -0.2) is 10.9 Å². The first-order chi connectivity index (χ1) is 7.75. The van der Waals surface area contributed by atoms with Gasteiger partial charge in [0.05, 0.1) is 6.26 Å². The van der Waals surface area contributed by atoms with Crippen LogP contribution in [0.25, 0.3) is 0 Å². The first-order valence-corrected chi connectivity index (χ1v) is 4.99. The van der Waals surface area contributed by atoms with Crippen molar-refractivity contribution in [2.45, 2.75) is 13.5 Å². The SMILES string of the molecule is Cc1ccc(CNC(=O)c2ccco2)cn1. The van der Waals surface area contributed by atoms with E-state index in [0.717, 1.165) is 11.3 Å². The summed E-state index contributed by atoms with van der Waals surface area (Å²) < 4.78 is 4.98. The lowest BCUT2D eigenvalue weighted by atomic mass is 10.2. The summed E-state index contributed by atoms with van der Waals surface area (Å²) >= 11 is 0. The quantitative estimate of drug-likeness (QED) is 0.852. The summed E-state index contributed by atoms with van der Waals surface area (Å²) in [6.45, 7) is 2.37. The minimum atomic E-state index is -0.217. The van der Waals surface area contributed by atoms with Crippen molar-refractivity contribution in [2.75, 3.05) is 0 Å². The third-order valence-corrected chi connectivity index (χ3v) is 2.17. The van der Waals surface area contributed by atoms with Gasteiger partial charge in [0.2, 0.25) is 0 Å². The van der Waals surface area contributed by atoms with Gasteiger partial charge in [-0.2, -0.15) is 0 Å². The van der Waals surface area contributed by atoms with Gasteiger partial charge in [-0.25, -0.2) is 0 Å². The van der Waals surface area contributed by atoms with Crippen LogP contribution in [0.4, 0.5) is 0 Å². The molecule has 2 rings (SSSR count). The van der Waals surface area contributed by atoms with Gasteiger partial charge in [0.1, 0.15) is 0 Å². The topological polar surface area (TPSA) is 55.1 Å². The Balaban J connectivity index is 1.93. The normalized spacial score (nSPS) is 10.1. The Hall–Kier alpha value is -2.10. The molecule has 2 aromatic heterocycles. The fraction of sp³-hybridized carbons (Fsp3) is 0.167. The number of furan rings is 1. The fourth-order valence-electron chi connectivity index (χ4n) is 1.28. The van der Waals surface area contributed by atoms with E-state index < -0.39 is 0 Å². The van der Waals surface area contributed by atoms with E-state index in [0.29, 0.717) is 12.3 Å². The number of nitrogens with one attached hydrogen (secondary N) is 1. The van der Waals surface area contributed by atoms with E-state index in [1.807, 2.05) is 19.1 Å². The molecule has 0 aliphatic heterocycles. The monoisotopic (exact) mass is 216 g/mol. The van der Waals surface area contributed by atoms with E-state index in [4.69, 9.17) is 4.42 Å². The molecule has 1 amide bonds. The number of aromatic nitrogens is 1. The largest absolute Gasteiger partial charge is 0.459 e. The second-order valence-corrected chi connectivity index (χ2v) is 3.47. The highest BCUT2D eigenvalue weighted by atomic mass is 16.3. The molecule has 0 bridgehead atoms. The zero-order valence-electron chi connectivity index (χ0n) is 8.93. The van der Waals surface area contributed by atoms with Crippen molar-refractivity contribution in [3.8, 4) is 0 Å². The van der Waals surface area contributed by atoms with Crippen molar-refractivity contribution >= 4 is 5.91 Å². The van der Waals surface area contributed by atoms with Crippen molar-refractivity contribution in [3.63, 3.8) is 0 Å². The van der Waals surface area contributed by atoms with Crippen LogP contribution in [0.3, 0.4) is 0 Å². The van der Waals surface area contributed by atoms with Gasteiger partial charge in [0, 0.05) is 18.4 Å². The van der Waals surface area contributed by atoms with Gasteiger partial charge in [-0.05, 0) is 30.7 Å². The summed E-state index contributed by atoms with van der Waals surface area (Å²) in [6.07, 6.45) is 3.22. The Kier molecular flexibility index (Phi) is 3.00. The molecular formula is C12H12N2O2. The van der Waals surface area contributed by atoms with E-state index in [1.165, 1.54) is 6.26 Å². The van der Waals surface area contributed by atoms with Gasteiger partial charge in [-0.15, -0.1) is 0 Å². The van der Waals surface area contributed by atoms with Gasteiger partial charge in [0.15, 0.2) is 5.76 Å². The maximum atomic E-state index is 11.5.